The van der Waals surface area contributed by atoms with E-state index in [-0.39, 0.29) is 12.3 Å². The van der Waals surface area contributed by atoms with Crippen LogP contribution in [-0.2, 0) is 4.79 Å². The Hall–Kier alpha value is -2.94. The maximum atomic E-state index is 13.2. The summed E-state index contributed by atoms with van der Waals surface area (Å²) in [6.07, 6.45) is 2.39. The first-order valence-electron chi connectivity index (χ1n) is 5.71. The molecular formula is C14H10FN3O2. The zero-order valence-electron chi connectivity index (χ0n) is 10.3. The standard InChI is InChI=1S/C14H10FN3O2/c15-12-8-17-6-5-13(12)18-14(19)9-20-11-3-1-10(7-16)2-4-11/h1-6,8H,9H2,(H,17,18,19). The van der Waals surface area contributed by atoms with Gasteiger partial charge in [-0.25, -0.2) is 4.39 Å². The molecule has 0 radical (unpaired) electrons. The highest BCUT2D eigenvalue weighted by molar-refractivity contribution is 5.91. The van der Waals surface area contributed by atoms with Gasteiger partial charge in [-0.3, -0.25) is 9.78 Å². The Balaban J connectivity index is 1.89. The number of benzene rings is 1. The van der Waals surface area contributed by atoms with E-state index in [9.17, 15) is 9.18 Å². The van der Waals surface area contributed by atoms with E-state index in [1.807, 2.05) is 6.07 Å². The van der Waals surface area contributed by atoms with Gasteiger partial charge in [0.05, 0.1) is 23.5 Å². The summed E-state index contributed by atoms with van der Waals surface area (Å²) < 4.78 is 18.5. The van der Waals surface area contributed by atoms with E-state index in [1.54, 1.807) is 24.3 Å². The Bertz CT molecular complexity index is 650. The van der Waals surface area contributed by atoms with Crippen molar-refractivity contribution < 1.29 is 13.9 Å². The molecule has 100 valence electrons. The number of hydrogen-bond acceptors (Lipinski definition) is 4. The lowest BCUT2D eigenvalue weighted by Crippen LogP contribution is -2.20. The number of nitrogens with zero attached hydrogens (tertiary/aromatic N) is 2. The summed E-state index contributed by atoms with van der Waals surface area (Å²) in [5.74, 6) is -0.645. The Morgan fingerprint density at radius 3 is 2.75 bits per heavy atom. The molecule has 2 aromatic rings. The maximum absolute atomic E-state index is 13.2. The first kappa shape index (κ1) is 13.5. The highest BCUT2D eigenvalue weighted by atomic mass is 19.1. The fraction of sp³-hybridized carbons (Fsp3) is 0.0714. The van der Waals surface area contributed by atoms with Crippen molar-refractivity contribution in [3.8, 4) is 11.8 Å². The van der Waals surface area contributed by atoms with Gasteiger partial charge in [0, 0.05) is 6.20 Å². The van der Waals surface area contributed by atoms with Crippen LogP contribution >= 0.6 is 0 Å². The maximum Gasteiger partial charge on any atom is 0.262 e. The zero-order valence-corrected chi connectivity index (χ0v) is 10.3. The number of ether oxygens (including phenoxy) is 1. The number of aromatic nitrogens is 1. The number of amides is 1. The highest BCUT2D eigenvalue weighted by Crippen LogP contribution is 2.13. The van der Waals surface area contributed by atoms with Gasteiger partial charge in [0.15, 0.2) is 12.4 Å². The van der Waals surface area contributed by atoms with E-state index in [0.717, 1.165) is 6.20 Å². The molecule has 0 atom stereocenters. The molecule has 0 aliphatic heterocycles. The molecule has 0 spiro atoms. The van der Waals surface area contributed by atoms with Crippen LogP contribution in [0.4, 0.5) is 10.1 Å². The number of carbonyl (C=O) groups excluding carboxylic acids is 1. The second-order valence-electron chi connectivity index (χ2n) is 3.83. The van der Waals surface area contributed by atoms with E-state index in [1.165, 1.54) is 12.3 Å². The smallest absolute Gasteiger partial charge is 0.262 e. The SMILES string of the molecule is N#Cc1ccc(OCC(=O)Nc2ccncc2F)cc1. The fourth-order valence-electron chi connectivity index (χ4n) is 1.44. The number of nitrogens with one attached hydrogen (secondary N) is 1. The Morgan fingerprint density at radius 2 is 2.10 bits per heavy atom. The monoisotopic (exact) mass is 271 g/mol. The minimum Gasteiger partial charge on any atom is -0.484 e. The summed E-state index contributed by atoms with van der Waals surface area (Å²) >= 11 is 0. The number of pyridine rings is 1. The van der Waals surface area contributed by atoms with Crippen LogP contribution in [0.2, 0.25) is 0 Å². The minimum atomic E-state index is -0.612. The van der Waals surface area contributed by atoms with Crippen LogP contribution in [0.5, 0.6) is 5.75 Å². The Morgan fingerprint density at radius 1 is 1.35 bits per heavy atom. The molecular weight excluding hydrogens is 261 g/mol. The lowest BCUT2D eigenvalue weighted by molar-refractivity contribution is -0.118. The molecule has 0 fully saturated rings. The molecule has 6 heteroatoms. The molecule has 1 N–H and O–H groups in total. The van der Waals surface area contributed by atoms with Crippen molar-refractivity contribution in [1.82, 2.24) is 4.98 Å². The van der Waals surface area contributed by atoms with E-state index in [4.69, 9.17) is 10.00 Å². The molecule has 5 nitrogen and oxygen atoms in total. The van der Waals surface area contributed by atoms with Crippen molar-refractivity contribution in [3.63, 3.8) is 0 Å². The van der Waals surface area contributed by atoms with Gasteiger partial charge in [-0.1, -0.05) is 0 Å². The number of nitriles is 1. The summed E-state index contributed by atoms with van der Waals surface area (Å²) in [6.45, 7) is -0.256. The molecule has 1 amide bonds. The van der Waals surface area contributed by atoms with Crippen LogP contribution < -0.4 is 10.1 Å². The van der Waals surface area contributed by atoms with Gasteiger partial charge in [-0.2, -0.15) is 5.26 Å². The van der Waals surface area contributed by atoms with Crippen molar-refractivity contribution in [2.45, 2.75) is 0 Å². The van der Waals surface area contributed by atoms with Gasteiger partial charge in [0.2, 0.25) is 0 Å². The van der Waals surface area contributed by atoms with Crippen LogP contribution in [0.1, 0.15) is 5.56 Å². The summed E-state index contributed by atoms with van der Waals surface area (Å²) in [4.78, 5) is 15.2. The molecule has 0 bridgehead atoms. The first-order chi connectivity index (χ1) is 9.69. The summed E-state index contributed by atoms with van der Waals surface area (Å²) in [5.41, 5.74) is 0.550. The van der Waals surface area contributed by atoms with Gasteiger partial charge in [-0.15, -0.1) is 0 Å². The number of hydrogen-bond donors (Lipinski definition) is 1. The average Bonchev–Trinajstić information content (AvgIpc) is 2.48. The van der Waals surface area contributed by atoms with Gasteiger partial charge in [0.1, 0.15) is 5.75 Å². The van der Waals surface area contributed by atoms with E-state index in [0.29, 0.717) is 11.3 Å². The molecule has 0 unspecified atom stereocenters. The van der Waals surface area contributed by atoms with Crippen LogP contribution in [0.15, 0.2) is 42.7 Å². The summed E-state index contributed by atoms with van der Waals surface area (Å²) in [5, 5.41) is 11.0. The second-order valence-corrected chi connectivity index (χ2v) is 3.83. The van der Waals surface area contributed by atoms with Crippen molar-refractivity contribution in [3.05, 3.63) is 54.1 Å². The number of carbonyl (C=O) groups is 1. The van der Waals surface area contributed by atoms with Crippen molar-refractivity contribution in [2.75, 3.05) is 11.9 Å². The van der Waals surface area contributed by atoms with E-state index >= 15 is 0 Å². The van der Waals surface area contributed by atoms with Crippen molar-refractivity contribution in [1.29, 1.82) is 5.26 Å². The molecule has 1 aromatic carbocycles. The number of halogens is 1. The quantitative estimate of drug-likeness (QED) is 0.924. The lowest BCUT2D eigenvalue weighted by Gasteiger charge is -2.07. The van der Waals surface area contributed by atoms with Gasteiger partial charge in [-0.05, 0) is 30.3 Å². The molecule has 0 aliphatic rings. The van der Waals surface area contributed by atoms with Gasteiger partial charge in [0.25, 0.3) is 5.91 Å². The predicted octanol–water partition coefficient (Wildman–Crippen LogP) is 2.11. The van der Waals surface area contributed by atoms with Crippen LogP contribution in [-0.4, -0.2) is 17.5 Å². The Kier molecular flexibility index (Phi) is 4.24. The summed E-state index contributed by atoms with van der Waals surface area (Å²) in [7, 11) is 0. The number of anilines is 1. The van der Waals surface area contributed by atoms with E-state index < -0.39 is 11.7 Å². The normalized spacial score (nSPS) is 9.60. The van der Waals surface area contributed by atoms with E-state index in [2.05, 4.69) is 10.3 Å². The molecule has 1 heterocycles. The third-order valence-corrected chi connectivity index (χ3v) is 2.40. The third kappa shape index (κ3) is 3.53. The largest absolute Gasteiger partial charge is 0.484 e. The summed E-state index contributed by atoms with van der Waals surface area (Å²) in [6, 6.07) is 9.65. The van der Waals surface area contributed by atoms with Gasteiger partial charge >= 0.3 is 0 Å². The molecule has 0 saturated carbocycles. The molecule has 0 aliphatic carbocycles. The average molecular weight is 271 g/mol. The van der Waals surface area contributed by atoms with Crippen LogP contribution in [0.3, 0.4) is 0 Å². The molecule has 0 saturated heterocycles. The van der Waals surface area contributed by atoms with Gasteiger partial charge < -0.3 is 10.1 Å². The van der Waals surface area contributed by atoms with Crippen molar-refractivity contribution >= 4 is 11.6 Å². The molecule has 2 rings (SSSR count). The third-order valence-electron chi connectivity index (χ3n) is 2.40. The minimum absolute atomic E-state index is 0.0495. The first-order valence-corrected chi connectivity index (χ1v) is 5.71. The lowest BCUT2D eigenvalue weighted by atomic mass is 10.2. The fourth-order valence-corrected chi connectivity index (χ4v) is 1.44. The predicted molar refractivity (Wildman–Crippen MR) is 69.5 cm³/mol. The topological polar surface area (TPSA) is 75.0 Å². The van der Waals surface area contributed by atoms with Crippen molar-refractivity contribution in [2.24, 2.45) is 0 Å². The van der Waals surface area contributed by atoms with Crippen LogP contribution in [0.25, 0.3) is 0 Å². The second kappa shape index (κ2) is 6.29. The van der Waals surface area contributed by atoms with Crippen LogP contribution in [0, 0.1) is 17.1 Å². The zero-order chi connectivity index (χ0) is 14.4. The number of rotatable bonds is 4. The molecule has 20 heavy (non-hydrogen) atoms. The highest BCUT2D eigenvalue weighted by Gasteiger charge is 2.07. The molecule has 1 aromatic heterocycles. The Labute approximate surface area is 114 Å².